The van der Waals surface area contributed by atoms with Crippen LogP contribution >= 0.6 is 11.6 Å². The van der Waals surface area contributed by atoms with Crippen LogP contribution in [-0.2, 0) is 11.4 Å². The maximum Gasteiger partial charge on any atom is 0.573 e. The third-order valence-electron chi connectivity index (χ3n) is 5.34. The van der Waals surface area contributed by atoms with E-state index in [-0.39, 0.29) is 41.2 Å². The second-order valence-electron chi connectivity index (χ2n) is 7.90. The summed E-state index contributed by atoms with van der Waals surface area (Å²) >= 11 is 5.87. The fourth-order valence-electron chi connectivity index (χ4n) is 3.76. The number of hydrogen-bond acceptors (Lipinski definition) is 4. The summed E-state index contributed by atoms with van der Waals surface area (Å²) in [6, 6.07) is 6.33. The highest BCUT2D eigenvalue weighted by Gasteiger charge is 2.32. The molecule has 0 unspecified atom stereocenters. The first kappa shape index (κ1) is 29.2. The summed E-state index contributed by atoms with van der Waals surface area (Å²) in [7, 11) is 0. The number of primary amides is 1. The molecule has 0 radical (unpaired) electrons. The number of nitrogens with two attached hydrogens (primary N) is 1. The summed E-state index contributed by atoms with van der Waals surface area (Å²) in [5, 5.41) is 0.0110. The number of carbonyl (C=O) groups is 2. The minimum atomic E-state index is -4.86. The SMILES string of the molecule is CC.NC=O.O=C(c1cc(C2CC2)c(COc2cc(Cl)cc(OC(F)(F)F)c2)cc1F)N1CCCC1. The van der Waals surface area contributed by atoms with Gasteiger partial charge in [0.25, 0.3) is 5.91 Å². The summed E-state index contributed by atoms with van der Waals surface area (Å²) in [6.45, 7) is 5.17. The van der Waals surface area contributed by atoms with Gasteiger partial charge in [0, 0.05) is 24.2 Å². The van der Waals surface area contributed by atoms with Crippen molar-refractivity contribution in [3.63, 3.8) is 0 Å². The van der Waals surface area contributed by atoms with E-state index in [2.05, 4.69) is 10.5 Å². The second-order valence-corrected chi connectivity index (χ2v) is 8.34. The maximum atomic E-state index is 14.8. The smallest absolute Gasteiger partial charge is 0.489 e. The first-order chi connectivity index (χ1) is 17.1. The number of hydrogen-bond donors (Lipinski definition) is 1. The standard InChI is InChI=1S/C22H20ClF4NO3.C2H6.CH3NO/c23-15-8-16(10-17(9-15)31-22(25,26)27)30-12-14-7-20(24)19(11-18(14)13-3-4-13)21(29)28-5-1-2-6-28;1-2;2-1-3/h7-11,13H,1-6,12H2;1-2H3;1H,(H2,2,3). The van der Waals surface area contributed by atoms with Crippen molar-refractivity contribution in [3.05, 3.63) is 57.9 Å². The van der Waals surface area contributed by atoms with E-state index < -0.39 is 17.9 Å². The zero-order chi connectivity index (χ0) is 26.9. The number of alkyl halides is 3. The van der Waals surface area contributed by atoms with Crippen molar-refractivity contribution in [1.82, 2.24) is 4.90 Å². The van der Waals surface area contributed by atoms with Crippen molar-refractivity contribution in [2.24, 2.45) is 5.73 Å². The summed E-state index contributed by atoms with van der Waals surface area (Å²) in [5.74, 6) is -1.17. The Morgan fingerprint density at radius 3 is 2.25 bits per heavy atom. The molecule has 1 aliphatic carbocycles. The summed E-state index contributed by atoms with van der Waals surface area (Å²) in [4.78, 5) is 22.9. The van der Waals surface area contributed by atoms with Gasteiger partial charge in [-0.25, -0.2) is 4.39 Å². The summed E-state index contributed by atoms with van der Waals surface area (Å²) in [6.07, 6.45) is -0.932. The van der Waals surface area contributed by atoms with E-state index in [0.29, 0.717) is 18.7 Å². The van der Waals surface area contributed by atoms with Gasteiger partial charge in [0.15, 0.2) is 0 Å². The minimum absolute atomic E-state index is 0.0110. The maximum absolute atomic E-state index is 14.8. The summed E-state index contributed by atoms with van der Waals surface area (Å²) in [5.41, 5.74) is 5.60. The van der Waals surface area contributed by atoms with Crippen molar-refractivity contribution in [2.75, 3.05) is 13.1 Å². The van der Waals surface area contributed by atoms with Gasteiger partial charge in [-0.05, 0) is 67.0 Å². The molecule has 2 N–H and O–H groups in total. The topological polar surface area (TPSA) is 81.9 Å². The van der Waals surface area contributed by atoms with Crippen LogP contribution in [0.3, 0.4) is 0 Å². The number of likely N-dealkylation sites (tertiary alicyclic amines) is 1. The van der Waals surface area contributed by atoms with Gasteiger partial charge in [0.1, 0.15) is 23.9 Å². The molecule has 2 amide bonds. The van der Waals surface area contributed by atoms with Crippen molar-refractivity contribution in [2.45, 2.75) is 58.4 Å². The molecule has 0 spiro atoms. The Morgan fingerprint density at radius 1 is 1.11 bits per heavy atom. The van der Waals surface area contributed by atoms with E-state index in [1.165, 1.54) is 12.1 Å². The molecular formula is C25H29ClF4N2O4. The van der Waals surface area contributed by atoms with E-state index in [0.717, 1.165) is 43.4 Å². The molecule has 2 aromatic rings. The Hall–Kier alpha value is -3.01. The van der Waals surface area contributed by atoms with Gasteiger partial charge in [0.05, 0.1) is 5.56 Å². The molecule has 198 valence electrons. The van der Waals surface area contributed by atoms with Crippen LogP contribution in [0.15, 0.2) is 30.3 Å². The molecule has 1 aliphatic heterocycles. The second kappa shape index (κ2) is 13.3. The van der Waals surface area contributed by atoms with E-state index in [9.17, 15) is 22.4 Å². The van der Waals surface area contributed by atoms with Gasteiger partial charge in [0.2, 0.25) is 6.41 Å². The predicted octanol–water partition coefficient (Wildman–Crippen LogP) is 6.20. The van der Waals surface area contributed by atoms with Crippen molar-refractivity contribution in [1.29, 1.82) is 0 Å². The fraction of sp³-hybridized carbons (Fsp3) is 0.440. The number of amides is 2. The monoisotopic (exact) mass is 532 g/mol. The zero-order valence-electron chi connectivity index (χ0n) is 20.0. The molecule has 2 fully saturated rings. The fourth-order valence-corrected chi connectivity index (χ4v) is 3.97. The molecule has 2 aliphatic rings. The lowest BCUT2D eigenvalue weighted by atomic mass is 9.99. The number of rotatable bonds is 6. The van der Waals surface area contributed by atoms with E-state index >= 15 is 0 Å². The van der Waals surface area contributed by atoms with Gasteiger partial charge >= 0.3 is 6.36 Å². The normalized spacial score (nSPS) is 14.7. The molecule has 2 aromatic carbocycles. The molecule has 1 saturated carbocycles. The Balaban J connectivity index is 0.000000850. The van der Waals surface area contributed by atoms with Crippen LogP contribution in [0.4, 0.5) is 17.6 Å². The number of benzene rings is 2. The van der Waals surface area contributed by atoms with Crippen LogP contribution < -0.4 is 15.2 Å². The third-order valence-corrected chi connectivity index (χ3v) is 5.56. The molecular weight excluding hydrogens is 504 g/mol. The van der Waals surface area contributed by atoms with Gasteiger partial charge in [-0.2, -0.15) is 0 Å². The molecule has 4 rings (SSSR count). The highest BCUT2D eigenvalue weighted by Crippen LogP contribution is 2.43. The first-order valence-corrected chi connectivity index (χ1v) is 11.9. The van der Waals surface area contributed by atoms with Gasteiger partial charge in [-0.15, -0.1) is 13.2 Å². The Kier molecular flexibility index (Phi) is 10.8. The number of nitrogens with zero attached hydrogens (tertiary/aromatic N) is 1. The lowest BCUT2D eigenvalue weighted by Crippen LogP contribution is -2.28. The average Bonchev–Trinajstić information content (AvgIpc) is 3.50. The molecule has 36 heavy (non-hydrogen) atoms. The van der Waals surface area contributed by atoms with Crippen LogP contribution in [0.5, 0.6) is 11.5 Å². The lowest BCUT2D eigenvalue weighted by Gasteiger charge is -2.18. The molecule has 0 atom stereocenters. The molecule has 6 nitrogen and oxygen atoms in total. The van der Waals surface area contributed by atoms with Crippen LogP contribution in [-0.4, -0.2) is 36.7 Å². The van der Waals surface area contributed by atoms with Crippen molar-refractivity contribution in [3.8, 4) is 11.5 Å². The Morgan fingerprint density at radius 2 is 1.69 bits per heavy atom. The Labute approximate surface area is 212 Å². The van der Waals surface area contributed by atoms with Crippen LogP contribution in [0.25, 0.3) is 0 Å². The summed E-state index contributed by atoms with van der Waals surface area (Å²) < 4.78 is 61.7. The number of halogens is 5. The average molecular weight is 533 g/mol. The van der Waals surface area contributed by atoms with Crippen molar-refractivity contribution >= 4 is 23.9 Å². The van der Waals surface area contributed by atoms with E-state index in [1.54, 1.807) is 11.0 Å². The number of ether oxygens (including phenoxy) is 2. The van der Waals surface area contributed by atoms with Crippen LogP contribution in [0, 0.1) is 5.82 Å². The van der Waals surface area contributed by atoms with Crippen molar-refractivity contribution < 1.29 is 36.6 Å². The largest absolute Gasteiger partial charge is 0.573 e. The van der Waals surface area contributed by atoms with Gasteiger partial charge < -0.3 is 20.1 Å². The molecule has 1 saturated heterocycles. The minimum Gasteiger partial charge on any atom is -0.489 e. The highest BCUT2D eigenvalue weighted by atomic mass is 35.5. The third kappa shape index (κ3) is 8.58. The first-order valence-electron chi connectivity index (χ1n) is 11.6. The van der Waals surface area contributed by atoms with E-state index in [4.69, 9.17) is 21.1 Å². The van der Waals surface area contributed by atoms with Gasteiger partial charge in [-0.1, -0.05) is 25.4 Å². The van der Waals surface area contributed by atoms with E-state index in [1.807, 2.05) is 13.8 Å². The lowest BCUT2D eigenvalue weighted by molar-refractivity contribution is -0.274. The predicted molar refractivity (Wildman–Crippen MR) is 128 cm³/mol. The Bertz CT molecular complexity index is 1040. The number of carbonyl (C=O) groups excluding carboxylic acids is 2. The molecule has 0 aromatic heterocycles. The van der Waals surface area contributed by atoms with Crippen LogP contribution in [0.2, 0.25) is 5.02 Å². The van der Waals surface area contributed by atoms with Gasteiger partial charge in [-0.3, -0.25) is 9.59 Å². The molecule has 0 bridgehead atoms. The molecule has 11 heteroatoms. The zero-order valence-corrected chi connectivity index (χ0v) is 20.8. The molecule has 1 heterocycles. The van der Waals surface area contributed by atoms with Crippen LogP contribution in [0.1, 0.15) is 66.9 Å². The quantitative estimate of drug-likeness (QED) is 0.355. The highest BCUT2D eigenvalue weighted by molar-refractivity contribution is 6.30.